The first-order valence-electron chi connectivity index (χ1n) is 6.61. The molecular weight excluding hydrogens is 264 g/mol. The molecule has 0 aliphatic heterocycles. The predicted octanol–water partition coefficient (Wildman–Crippen LogP) is 0.203. The van der Waals surface area contributed by atoms with Gasteiger partial charge in [-0.15, -0.1) is 10.2 Å². The lowest BCUT2D eigenvalue weighted by molar-refractivity contribution is -0.143. The van der Waals surface area contributed by atoms with Crippen LogP contribution in [0.3, 0.4) is 0 Å². The largest absolute Gasteiger partial charge is 0.481 e. The molecule has 9 nitrogen and oxygen atoms in total. The smallest absolute Gasteiger partial charge is 0.315 e. The molecule has 20 heavy (non-hydrogen) atoms. The Balaban J connectivity index is 1.88. The maximum atomic E-state index is 11.9. The molecule has 0 aromatic carbocycles. The van der Waals surface area contributed by atoms with Crippen molar-refractivity contribution in [2.75, 3.05) is 0 Å². The van der Waals surface area contributed by atoms with Crippen molar-refractivity contribution < 1.29 is 14.7 Å². The molecule has 0 bridgehead atoms. The topological polar surface area (TPSA) is 133 Å². The predicted molar refractivity (Wildman–Crippen MR) is 67.6 cm³/mol. The van der Waals surface area contributed by atoms with Crippen LogP contribution in [-0.2, 0) is 4.79 Å². The van der Waals surface area contributed by atoms with Crippen molar-refractivity contribution in [3.05, 3.63) is 5.82 Å². The molecule has 3 unspecified atom stereocenters. The molecule has 1 aromatic rings. The summed E-state index contributed by atoms with van der Waals surface area (Å²) in [6.07, 6.45) is 3.09. The lowest BCUT2D eigenvalue weighted by atomic mass is 9.84. The molecule has 110 valence electrons. The molecule has 0 radical (unpaired) electrons. The Hall–Kier alpha value is -2.19. The number of aromatic amines is 1. The van der Waals surface area contributed by atoms with Crippen molar-refractivity contribution in [2.24, 2.45) is 5.92 Å². The highest BCUT2D eigenvalue weighted by molar-refractivity contribution is 5.77. The third-order valence-electron chi connectivity index (χ3n) is 3.50. The van der Waals surface area contributed by atoms with Crippen molar-refractivity contribution >= 4 is 12.0 Å². The molecule has 9 heteroatoms. The van der Waals surface area contributed by atoms with E-state index in [9.17, 15) is 9.59 Å². The van der Waals surface area contributed by atoms with Gasteiger partial charge < -0.3 is 15.7 Å². The fourth-order valence-corrected chi connectivity index (χ4v) is 2.42. The number of urea groups is 1. The van der Waals surface area contributed by atoms with Crippen LogP contribution in [0.5, 0.6) is 0 Å². The van der Waals surface area contributed by atoms with Crippen molar-refractivity contribution in [2.45, 2.75) is 44.7 Å². The van der Waals surface area contributed by atoms with Gasteiger partial charge in [0, 0.05) is 6.04 Å². The fraction of sp³-hybridized carbons (Fsp3) is 0.727. The van der Waals surface area contributed by atoms with Gasteiger partial charge in [-0.1, -0.05) is 18.1 Å². The summed E-state index contributed by atoms with van der Waals surface area (Å²) >= 11 is 0. The summed E-state index contributed by atoms with van der Waals surface area (Å²) in [5.74, 6) is -1.00. The lowest BCUT2D eigenvalue weighted by Gasteiger charge is -2.29. The SMILES string of the molecule is CC(NC(=O)NC1CCCCC1C(=O)O)c1nn[nH]n1. The first-order chi connectivity index (χ1) is 9.58. The van der Waals surface area contributed by atoms with Crippen LogP contribution < -0.4 is 10.6 Å². The minimum Gasteiger partial charge on any atom is -0.481 e. The zero-order valence-corrected chi connectivity index (χ0v) is 11.2. The highest BCUT2D eigenvalue weighted by Gasteiger charge is 2.32. The van der Waals surface area contributed by atoms with Crippen LogP contribution in [0.4, 0.5) is 4.79 Å². The number of hydrogen-bond donors (Lipinski definition) is 4. The number of tetrazole rings is 1. The summed E-state index contributed by atoms with van der Waals surface area (Å²) in [6.45, 7) is 1.72. The molecule has 3 atom stereocenters. The number of H-pyrrole nitrogens is 1. The second-order valence-corrected chi connectivity index (χ2v) is 4.95. The number of carboxylic acid groups (broad SMARTS) is 1. The Labute approximate surface area is 115 Å². The highest BCUT2D eigenvalue weighted by Crippen LogP contribution is 2.24. The van der Waals surface area contributed by atoms with Crippen molar-refractivity contribution in [3.63, 3.8) is 0 Å². The Morgan fingerprint density at radius 2 is 2.15 bits per heavy atom. The van der Waals surface area contributed by atoms with E-state index in [0.29, 0.717) is 18.7 Å². The summed E-state index contributed by atoms with van der Waals surface area (Å²) in [6, 6.07) is -1.15. The van der Waals surface area contributed by atoms with Crippen LogP contribution in [-0.4, -0.2) is 43.8 Å². The average molecular weight is 282 g/mol. The number of carboxylic acids is 1. The molecule has 1 heterocycles. The number of aromatic nitrogens is 4. The fourth-order valence-electron chi connectivity index (χ4n) is 2.42. The van der Waals surface area contributed by atoms with Gasteiger partial charge in [-0.3, -0.25) is 4.79 Å². The first-order valence-corrected chi connectivity index (χ1v) is 6.61. The van der Waals surface area contributed by atoms with Crippen LogP contribution in [0.25, 0.3) is 0 Å². The van der Waals surface area contributed by atoms with E-state index in [-0.39, 0.29) is 6.04 Å². The van der Waals surface area contributed by atoms with E-state index in [0.717, 1.165) is 12.8 Å². The number of rotatable bonds is 4. The number of hydrogen-bond acceptors (Lipinski definition) is 5. The van der Waals surface area contributed by atoms with Gasteiger partial charge in [-0.25, -0.2) is 4.79 Å². The summed E-state index contributed by atoms with van der Waals surface area (Å²) in [4.78, 5) is 23.0. The standard InChI is InChI=1S/C11H18N6O3/c1-6(9-14-16-17-15-9)12-11(20)13-8-5-3-2-4-7(8)10(18)19/h6-8H,2-5H2,1H3,(H,18,19)(H2,12,13,20)(H,14,15,16,17). The van der Waals surface area contributed by atoms with Gasteiger partial charge in [0.2, 0.25) is 0 Å². The number of nitrogens with one attached hydrogen (secondary N) is 3. The van der Waals surface area contributed by atoms with Crippen molar-refractivity contribution in [1.82, 2.24) is 31.3 Å². The van der Waals surface area contributed by atoms with E-state index in [1.165, 1.54) is 0 Å². The minimum atomic E-state index is -0.860. The Kier molecular flexibility index (Phi) is 4.49. The molecule has 0 spiro atoms. The van der Waals surface area contributed by atoms with Gasteiger partial charge in [0.05, 0.1) is 12.0 Å². The van der Waals surface area contributed by atoms with E-state index >= 15 is 0 Å². The van der Waals surface area contributed by atoms with Crippen LogP contribution in [0.2, 0.25) is 0 Å². The number of nitrogens with zero attached hydrogens (tertiary/aromatic N) is 3. The van der Waals surface area contributed by atoms with Crippen LogP contribution in [0, 0.1) is 5.92 Å². The number of amides is 2. The van der Waals surface area contributed by atoms with Crippen molar-refractivity contribution in [1.29, 1.82) is 0 Å². The monoisotopic (exact) mass is 282 g/mol. The van der Waals surface area contributed by atoms with Gasteiger partial charge in [0.15, 0.2) is 5.82 Å². The van der Waals surface area contributed by atoms with E-state index < -0.39 is 24.0 Å². The first kappa shape index (κ1) is 14.2. The summed E-state index contributed by atoms with van der Waals surface area (Å²) in [5, 5.41) is 27.8. The molecule has 2 amide bonds. The molecule has 0 saturated heterocycles. The van der Waals surface area contributed by atoms with Gasteiger partial charge in [-0.2, -0.15) is 5.21 Å². The molecular formula is C11H18N6O3. The maximum Gasteiger partial charge on any atom is 0.315 e. The van der Waals surface area contributed by atoms with Gasteiger partial charge in [0.1, 0.15) is 0 Å². The van der Waals surface area contributed by atoms with Crippen molar-refractivity contribution in [3.8, 4) is 0 Å². The van der Waals surface area contributed by atoms with Gasteiger partial charge >= 0.3 is 12.0 Å². The average Bonchev–Trinajstić information content (AvgIpc) is 2.92. The Bertz CT molecular complexity index is 463. The number of aliphatic carboxylic acids is 1. The normalized spacial score (nSPS) is 23.9. The summed E-state index contributed by atoms with van der Waals surface area (Å²) in [7, 11) is 0. The van der Waals surface area contributed by atoms with Gasteiger partial charge in [-0.05, 0) is 19.8 Å². The summed E-state index contributed by atoms with van der Waals surface area (Å²) < 4.78 is 0. The lowest BCUT2D eigenvalue weighted by Crippen LogP contribution is -2.49. The third kappa shape index (κ3) is 3.43. The number of carbonyl (C=O) groups is 2. The van der Waals surface area contributed by atoms with Crippen LogP contribution in [0.15, 0.2) is 0 Å². The second kappa shape index (κ2) is 6.31. The zero-order valence-electron chi connectivity index (χ0n) is 11.2. The molecule has 1 aromatic heterocycles. The van der Waals surface area contributed by atoms with Crippen LogP contribution in [0.1, 0.15) is 44.5 Å². The van der Waals surface area contributed by atoms with Crippen LogP contribution >= 0.6 is 0 Å². The van der Waals surface area contributed by atoms with E-state index in [2.05, 4.69) is 31.3 Å². The molecule has 2 rings (SSSR count). The number of carbonyl (C=O) groups excluding carboxylic acids is 1. The zero-order chi connectivity index (χ0) is 14.5. The third-order valence-corrected chi connectivity index (χ3v) is 3.50. The second-order valence-electron chi connectivity index (χ2n) is 4.95. The van der Waals surface area contributed by atoms with E-state index in [1.807, 2.05) is 0 Å². The molecule has 1 saturated carbocycles. The minimum absolute atomic E-state index is 0.335. The Morgan fingerprint density at radius 1 is 1.40 bits per heavy atom. The highest BCUT2D eigenvalue weighted by atomic mass is 16.4. The molecule has 1 aliphatic rings. The maximum absolute atomic E-state index is 11.9. The molecule has 4 N–H and O–H groups in total. The Morgan fingerprint density at radius 3 is 2.80 bits per heavy atom. The molecule has 1 aliphatic carbocycles. The van der Waals surface area contributed by atoms with E-state index in [1.54, 1.807) is 6.92 Å². The summed E-state index contributed by atoms with van der Waals surface area (Å²) in [5.41, 5.74) is 0. The van der Waals surface area contributed by atoms with Gasteiger partial charge in [0.25, 0.3) is 0 Å². The quantitative estimate of drug-likeness (QED) is 0.623. The van der Waals surface area contributed by atoms with E-state index in [4.69, 9.17) is 5.11 Å². The molecule has 1 fully saturated rings.